The number of hydrogen-bond acceptors (Lipinski definition) is 6. The quantitative estimate of drug-likeness (QED) is 0.235. The molecule has 182 valence electrons. The molecule has 0 aliphatic carbocycles. The van der Waals surface area contributed by atoms with E-state index in [2.05, 4.69) is 19.9 Å². The molecule has 4 heterocycles. The molecule has 0 spiro atoms. The molecule has 0 radical (unpaired) electrons. The summed E-state index contributed by atoms with van der Waals surface area (Å²) in [7, 11) is 0. The molecule has 0 fully saturated rings. The standard InChI is InChI=1S/C16H2F12N4S2/c17-13(18,19)9-11(15(23,24)25)31-5-3(29-9)1-33-7(5)8-6-4(2-34-8)30-10(14(20,21)22)12(32-6)16(26,27)28/h1-2H. The van der Waals surface area contributed by atoms with Crippen molar-refractivity contribution in [1.82, 2.24) is 19.9 Å². The van der Waals surface area contributed by atoms with Crippen LogP contribution in [0.1, 0.15) is 22.8 Å². The minimum atomic E-state index is -5.59. The highest BCUT2D eigenvalue weighted by Gasteiger charge is 2.48. The maximum atomic E-state index is 13.2. The zero-order chi connectivity index (χ0) is 25.4. The summed E-state index contributed by atoms with van der Waals surface area (Å²) in [5, 5.41) is 1.75. The Morgan fingerprint density at radius 1 is 0.441 bits per heavy atom. The molecule has 0 saturated heterocycles. The average molecular weight is 542 g/mol. The third-order valence-electron chi connectivity index (χ3n) is 4.13. The number of rotatable bonds is 1. The fourth-order valence-electron chi connectivity index (χ4n) is 2.85. The lowest BCUT2D eigenvalue weighted by molar-refractivity contribution is -0.167. The molecule has 0 aliphatic rings. The fraction of sp³-hybridized carbons (Fsp3) is 0.250. The maximum absolute atomic E-state index is 13.2. The van der Waals surface area contributed by atoms with Crippen molar-refractivity contribution in [2.24, 2.45) is 0 Å². The number of fused-ring (bicyclic) bond motifs is 2. The first-order valence-corrected chi connectivity index (χ1v) is 10.0. The highest BCUT2D eigenvalue weighted by Crippen LogP contribution is 2.46. The molecule has 0 saturated carbocycles. The van der Waals surface area contributed by atoms with Crippen LogP contribution in [-0.4, -0.2) is 19.9 Å². The second kappa shape index (κ2) is 7.37. The summed E-state index contributed by atoms with van der Waals surface area (Å²) >= 11 is 0.953. The smallest absolute Gasteiger partial charge is 0.239 e. The van der Waals surface area contributed by atoms with Gasteiger partial charge in [0.2, 0.25) is 0 Å². The largest absolute Gasteiger partial charge is 0.435 e. The molecule has 4 rings (SSSR count). The van der Waals surface area contributed by atoms with Gasteiger partial charge in [0.1, 0.15) is 22.1 Å². The average Bonchev–Trinajstić information content (AvgIpc) is 3.25. The zero-order valence-electron chi connectivity index (χ0n) is 15.3. The topological polar surface area (TPSA) is 51.6 Å². The molecule has 0 aromatic carbocycles. The predicted molar refractivity (Wildman–Crippen MR) is 93.8 cm³/mol. The number of thiophene rings is 2. The van der Waals surface area contributed by atoms with Gasteiger partial charge in [-0.2, -0.15) is 52.7 Å². The molecule has 0 bridgehead atoms. The molecule has 0 unspecified atom stereocenters. The first kappa shape index (κ1) is 24.4. The molecular formula is C16H2F12N4S2. The molecule has 0 aliphatic heterocycles. The Kier molecular flexibility index (Phi) is 5.28. The van der Waals surface area contributed by atoms with Crippen LogP contribution in [-0.2, 0) is 24.7 Å². The first-order valence-electron chi connectivity index (χ1n) is 8.26. The molecule has 0 atom stereocenters. The fourth-order valence-corrected chi connectivity index (χ4v) is 4.86. The lowest BCUT2D eigenvalue weighted by Crippen LogP contribution is -2.20. The van der Waals surface area contributed by atoms with Crippen LogP contribution in [0, 0.1) is 0 Å². The Morgan fingerprint density at radius 3 is 0.971 bits per heavy atom. The van der Waals surface area contributed by atoms with Crippen LogP contribution in [0.2, 0.25) is 0 Å². The summed E-state index contributed by atoms with van der Waals surface area (Å²) in [5.74, 6) is 0. The van der Waals surface area contributed by atoms with Gasteiger partial charge in [-0.3, -0.25) is 0 Å². The second-order valence-electron chi connectivity index (χ2n) is 6.43. The van der Waals surface area contributed by atoms with E-state index in [0.717, 1.165) is 10.8 Å². The summed E-state index contributed by atoms with van der Waals surface area (Å²) in [6, 6.07) is 0. The number of halogens is 12. The van der Waals surface area contributed by atoms with Crippen LogP contribution < -0.4 is 0 Å². The first-order chi connectivity index (χ1) is 15.4. The monoisotopic (exact) mass is 542 g/mol. The second-order valence-corrected chi connectivity index (χ2v) is 8.19. The van der Waals surface area contributed by atoms with Crippen LogP contribution in [0.15, 0.2) is 10.8 Å². The van der Waals surface area contributed by atoms with Crippen LogP contribution in [0.4, 0.5) is 52.7 Å². The van der Waals surface area contributed by atoms with Gasteiger partial charge in [0.25, 0.3) is 0 Å². The summed E-state index contributed by atoms with van der Waals surface area (Å²) < 4.78 is 158. The molecule has 18 heteroatoms. The molecular weight excluding hydrogens is 540 g/mol. The van der Waals surface area contributed by atoms with E-state index in [9.17, 15) is 52.7 Å². The predicted octanol–water partition coefficient (Wildman–Crippen LogP) is 7.44. The molecule has 0 amide bonds. The van der Waals surface area contributed by atoms with Crippen molar-refractivity contribution in [3.8, 4) is 9.75 Å². The maximum Gasteiger partial charge on any atom is 0.435 e. The molecule has 34 heavy (non-hydrogen) atoms. The van der Waals surface area contributed by atoms with Crippen molar-refractivity contribution in [2.75, 3.05) is 0 Å². The lowest BCUT2D eigenvalue weighted by atomic mass is 10.2. The van der Waals surface area contributed by atoms with Gasteiger partial charge < -0.3 is 0 Å². The molecule has 0 N–H and O–H groups in total. The Bertz CT molecular complexity index is 1300. The van der Waals surface area contributed by atoms with Crippen molar-refractivity contribution >= 4 is 44.7 Å². The van der Waals surface area contributed by atoms with E-state index in [1.165, 1.54) is 0 Å². The van der Waals surface area contributed by atoms with E-state index in [0.29, 0.717) is 22.7 Å². The number of nitrogens with zero attached hydrogens (tertiary/aromatic N) is 4. The van der Waals surface area contributed by atoms with Crippen molar-refractivity contribution < 1.29 is 52.7 Å². The minimum absolute atomic E-state index is 0.371. The van der Waals surface area contributed by atoms with E-state index in [1.54, 1.807) is 0 Å². The van der Waals surface area contributed by atoms with Crippen molar-refractivity contribution in [1.29, 1.82) is 0 Å². The van der Waals surface area contributed by atoms with Crippen LogP contribution >= 0.6 is 22.7 Å². The van der Waals surface area contributed by atoms with E-state index in [4.69, 9.17) is 0 Å². The summed E-state index contributed by atoms with van der Waals surface area (Å²) in [4.78, 5) is 11.2. The van der Waals surface area contributed by atoms with E-state index >= 15 is 0 Å². The van der Waals surface area contributed by atoms with Gasteiger partial charge in [0.15, 0.2) is 22.8 Å². The van der Waals surface area contributed by atoms with Crippen molar-refractivity contribution in [3.63, 3.8) is 0 Å². The Balaban J connectivity index is 2.02. The Morgan fingerprint density at radius 2 is 0.706 bits per heavy atom. The minimum Gasteiger partial charge on any atom is -0.239 e. The van der Waals surface area contributed by atoms with E-state index in [1.807, 2.05) is 0 Å². The number of aromatic nitrogens is 4. The van der Waals surface area contributed by atoms with Gasteiger partial charge in [-0.25, -0.2) is 19.9 Å². The summed E-state index contributed by atoms with van der Waals surface area (Å²) in [5.41, 5.74) is -12.2. The van der Waals surface area contributed by atoms with Crippen molar-refractivity contribution in [2.45, 2.75) is 24.7 Å². The third kappa shape index (κ3) is 4.12. The van der Waals surface area contributed by atoms with E-state index in [-0.39, 0.29) is 9.75 Å². The van der Waals surface area contributed by atoms with Gasteiger partial charge >= 0.3 is 24.7 Å². The van der Waals surface area contributed by atoms with Crippen LogP contribution in [0.25, 0.3) is 31.8 Å². The number of hydrogen-bond donors (Lipinski definition) is 0. The Labute approximate surface area is 185 Å². The normalized spacial score (nSPS) is 13.9. The van der Waals surface area contributed by atoms with Crippen LogP contribution in [0.3, 0.4) is 0 Å². The SMILES string of the molecule is FC(F)(F)c1nc2csc(-c3scc4nc(C(F)(F)F)c(C(F)(F)F)nc34)c2nc1C(F)(F)F. The summed E-state index contributed by atoms with van der Waals surface area (Å²) in [6.07, 6.45) is -22.2. The van der Waals surface area contributed by atoms with Crippen molar-refractivity contribution in [3.05, 3.63) is 33.5 Å². The molecule has 4 aromatic heterocycles. The summed E-state index contributed by atoms with van der Waals surface area (Å²) in [6.45, 7) is 0. The van der Waals surface area contributed by atoms with Crippen LogP contribution in [0.5, 0.6) is 0 Å². The van der Waals surface area contributed by atoms with Gasteiger partial charge in [-0.15, -0.1) is 22.7 Å². The van der Waals surface area contributed by atoms with E-state index < -0.39 is 69.5 Å². The van der Waals surface area contributed by atoms with Gasteiger partial charge in [0.05, 0.1) is 9.75 Å². The molecule has 4 aromatic rings. The highest BCUT2D eigenvalue weighted by molar-refractivity contribution is 7.22. The van der Waals surface area contributed by atoms with Gasteiger partial charge in [0, 0.05) is 10.8 Å². The Hall–Kier alpha value is -2.76. The lowest BCUT2D eigenvalue weighted by Gasteiger charge is -2.14. The highest BCUT2D eigenvalue weighted by atomic mass is 32.1. The zero-order valence-corrected chi connectivity index (χ0v) is 16.9. The van der Waals surface area contributed by atoms with Gasteiger partial charge in [-0.1, -0.05) is 0 Å². The third-order valence-corrected chi connectivity index (χ3v) is 6.21. The van der Waals surface area contributed by atoms with Gasteiger partial charge in [-0.05, 0) is 0 Å². The molecule has 4 nitrogen and oxygen atoms in total. The number of alkyl halides is 12.